The number of imide groups is 1. The van der Waals surface area contributed by atoms with Crippen LogP contribution in [0.5, 0.6) is 5.75 Å². The van der Waals surface area contributed by atoms with Crippen LogP contribution in [0, 0.1) is 0 Å². The van der Waals surface area contributed by atoms with E-state index < -0.39 is 0 Å². The van der Waals surface area contributed by atoms with Crippen LogP contribution in [0.2, 0.25) is 0 Å². The lowest BCUT2D eigenvalue weighted by atomic mass is 9.97. The molecule has 2 heterocycles. The van der Waals surface area contributed by atoms with Crippen LogP contribution in [0.3, 0.4) is 0 Å². The van der Waals surface area contributed by atoms with E-state index in [0.717, 1.165) is 70.8 Å². The maximum Gasteiger partial charge on any atom is 0.321 e. The number of fused-ring (bicyclic) bond motifs is 1. The average molecular weight is 427 g/mol. The maximum absolute atomic E-state index is 12.2. The van der Waals surface area contributed by atoms with Crippen LogP contribution < -0.4 is 15.4 Å². The standard InChI is InChI=1S/C24H34N4O3/c29-23(26-24(30)25-10-8-19-4-2-1-3-5-19)18-28-13-11-27(12-14-28)17-20-6-7-22-21(16-20)9-15-31-22/h4,6-7,16H,1-3,5,8-15,17-18H2,(H2,25,26,29,30). The first-order chi connectivity index (χ1) is 15.2. The molecule has 3 amide bonds. The third-order valence-corrected chi connectivity index (χ3v) is 6.36. The summed E-state index contributed by atoms with van der Waals surface area (Å²) in [7, 11) is 0. The first kappa shape index (κ1) is 21.8. The van der Waals surface area contributed by atoms with Crippen molar-refractivity contribution in [3.05, 3.63) is 41.0 Å². The zero-order chi connectivity index (χ0) is 21.5. The fraction of sp³-hybridized carbons (Fsp3) is 0.583. The molecule has 7 heteroatoms. The van der Waals surface area contributed by atoms with E-state index in [2.05, 4.69) is 44.7 Å². The number of carbonyl (C=O) groups is 2. The summed E-state index contributed by atoms with van der Waals surface area (Å²) < 4.78 is 5.58. The molecule has 0 unspecified atom stereocenters. The van der Waals surface area contributed by atoms with Crippen molar-refractivity contribution in [1.29, 1.82) is 0 Å². The van der Waals surface area contributed by atoms with E-state index in [1.165, 1.54) is 29.5 Å². The first-order valence-electron chi connectivity index (χ1n) is 11.6. The highest BCUT2D eigenvalue weighted by Gasteiger charge is 2.21. The third-order valence-electron chi connectivity index (χ3n) is 6.36. The molecule has 1 aromatic carbocycles. The Bertz CT molecular complexity index is 815. The number of carbonyl (C=O) groups excluding carboxylic acids is 2. The van der Waals surface area contributed by atoms with Gasteiger partial charge in [0.25, 0.3) is 0 Å². The van der Waals surface area contributed by atoms with Gasteiger partial charge in [-0.15, -0.1) is 0 Å². The van der Waals surface area contributed by atoms with Crippen LogP contribution in [-0.4, -0.2) is 67.6 Å². The zero-order valence-corrected chi connectivity index (χ0v) is 18.3. The first-order valence-corrected chi connectivity index (χ1v) is 11.6. The summed E-state index contributed by atoms with van der Waals surface area (Å²) in [6.45, 7) is 6.06. The predicted molar refractivity (Wildman–Crippen MR) is 120 cm³/mol. The quantitative estimate of drug-likeness (QED) is 0.656. The minimum Gasteiger partial charge on any atom is -0.493 e. The fourth-order valence-corrected chi connectivity index (χ4v) is 4.58. The van der Waals surface area contributed by atoms with Crippen molar-refractivity contribution < 1.29 is 14.3 Å². The van der Waals surface area contributed by atoms with E-state index in [1.807, 2.05) is 0 Å². The molecule has 4 rings (SSSR count). The smallest absolute Gasteiger partial charge is 0.321 e. The summed E-state index contributed by atoms with van der Waals surface area (Å²) in [5.74, 6) is 0.788. The molecule has 0 saturated carbocycles. The van der Waals surface area contributed by atoms with Crippen molar-refractivity contribution >= 4 is 11.9 Å². The lowest BCUT2D eigenvalue weighted by Gasteiger charge is -2.34. The Morgan fingerprint density at radius 3 is 2.68 bits per heavy atom. The number of hydrogen-bond acceptors (Lipinski definition) is 5. The largest absolute Gasteiger partial charge is 0.493 e. The van der Waals surface area contributed by atoms with Gasteiger partial charge in [0.15, 0.2) is 0 Å². The van der Waals surface area contributed by atoms with Crippen molar-refractivity contribution in [3.8, 4) is 5.75 Å². The van der Waals surface area contributed by atoms with Gasteiger partial charge in [-0.3, -0.25) is 19.9 Å². The molecule has 2 N–H and O–H groups in total. The molecular weight excluding hydrogens is 392 g/mol. The molecule has 0 aromatic heterocycles. The van der Waals surface area contributed by atoms with E-state index >= 15 is 0 Å². The number of allylic oxidation sites excluding steroid dienone is 1. The van der Waals surface area contributed by atoms with Gasteiger partial charge >= 0.3 is 6.03 Å². The molecular formula is C24H34N4O3. The summed E-state index contributed by atoms with van der Waals surface area (Å²) in [4.78, 5) is 28.7. The molecule has 0 radical (unpaired) electrons. The number of rotatable bonds is 7. The molecule has 0 bridgehead atoms. The molecule has 0 spiro atoms. The van der Waals surface area contributed by atoms with Gasteiger partial charge in [0.05, 0.1) is 13.2 Å². The van der Waals surface area contributed by atoms with Crippen molar-refractivity contribution in [2.75, 3.05) is 45.9 Å². The highest BCUT2D eigenvalue weighted by molar-refractivity contribution is 5.95. The van der Waals surface area contributed by atoms with E-state index in [-0.39, 0.29) is 18.5 Å². The number of nitrogens with one attached hydrogen (secondary N) is 2. The van der Waals surface area contributed by atoms with Crippen molar-refractivity contribution in [2.24, 2.45) is 0 Å². The van der Waals surface area contributed by atoms with Crippen LogP contribution in [0.1, 0.15) is 43.2 Å². The normalized spacial score (nSPS) is 19.3. The summed E-state index contributed by atoms with van der Waals surface area (Å²) in [6.07, 6.45) is 8.95. The highest BCUT2D eigenvalue weighted by atomic mass is 16.5. The van der Waals surface area contributed by atoms with Crippen LogP contribution in [0.4, 0.5) is 4.79 Å². The van der Waals surface area contributed by atoms with Gasteiger partial charge in [-0.1, -0.05) is 23.8 Å². The lowest BCUT2D eigenvalue weighted by Crippen LogP contribution is -2.50. The monoisotopic (exact) mass is 426 g/mol. The van der Waals surface area contributed by atoms with Crippen LogP contribution >= 0.6 is 0 Å². The molecule has 31 heavy (non-hydrogen) atoms. The third kappa shape index (κ3) is 6.55. The molecule has 1 aromatic rings. The molecule has 168 valence electrons. The van der Waals surface area contributed by atoms with Gasteiger partial charge in [-0.25, -0.2) is 4.79 Å². The van der Waals surface area contributed by atoms with Gasteiger partial charge in [0, 0.05) is 45.7 Å². The highest BCUT2D eigenvalue weighted by Crippen LogP contribution is 2.26. The second-order valence-corrected chi connectivity index (χ2v) is 8.76. The number of benzene rings is 1. The van der Waals surface area contributed by atoms with Crippen molar-refractivity contribution in [3.63, 3.8) is 0 Å². The van der Waals surface area contributed by atoms with E-state index in [0.29, 0.717) is 6.54 Å². The van der Waals surface area contributed by atoms with Crippen molar-refractivity contribution in [2.45, 2.75) is 45.1 Å². The Balaban J connectivity index is 1.11. The summed E-state index contributed by atoms with van der Waals surface area (Å²) >= 11 is 0. The van der Waals surface area contributed by atoms with E-state index in [9.17, 15) is 9.59 Å². The molecule has 1 fully saturated rings. The maximum atomic E-state index is 12.2. The number of ether oxygens (including phenoxy) is 1. The Morgan fingerprint density at radius 1 is 1.03 bits per heavy atom. The molecule has 0 atom stereocenters. The van der Waals surface area contributed by atoms with Gasteiger partial charge in [-0.2, -0.15) is 0 Å². The lowest BCUT2D eigenvalue weighted by molar-refractivity contribution is -0.121. The summed E-state index contributed by atoms with van der Waals surface area (Å²) in [6, 6.07) is 6.09. The molecule has 1 saturated heterocycles. The Hall–Kier alpha value is -2.38. The zero-order valence-electron chi connectivity index (χ0n) is 18.3. The minimum atomic E-state index is -0.388. The Morgan fingerprint density at radius 2 is 1.87 bits per heavy atom. The molecule has 1 aliphatic carbocycles. The summed E-state index contributed by atoms with van der Waals surface area (Å²) in [5.41, 5.74) is 4.04. The second-order valence-electron chi connectivity index (χ2n) is 8.76. The SMILES string of the molecule is O=C(CN1CCN(Cc2ccc3c(c2)CCO3)CC1)NC(=O)NCCC1=CCCCC1. The number of hydrogen-bond donors (Lipinski definition) is 2. The van der Waals surface area contributed by atoms with E-state index in [1.54, 1.807) is 0 Å². The Labute approximate surface area is 184 Å². The fourth-order valence-electron chi connectivity index (χ4n) is 4.58. The van der Waals surface area contributed by atoms with Gasteiger partial charge in [0.1, 0.15) is 5.75 Å². The van der Waals surface area contributed by atoms with Gasteiger partial charge in [-0.05, 0) is 49.3 Å². The Kier molecular flexibility index (Phi) is 7.59. The number of urea groups is 1. The van der Waals surface area contributed by atoms with Gasteiger partial charge in [0.2, 0.25) is 5.91 Å². The van der Waals surface area contributed by atoms with Crippen LogP contribution in [-0.2, 0) is 17.8 Å². The van der Waals surface area contributed by atoms with Crippen molar-refractivity contribution in [1.82, 2.24) is 20.4 Å². The molecule has 3 aliphatic rings. The van der Waals surface area contributed by atoms with E-state index in [4.69, 9.17) is 4.74 Å². The second kappa shape index (κ2) is 10.8. The number of amides is 3. The topological polar surface area (TPSA) is 73.9 Å². The van der Waals surface area contributed by atoms with Crippen LogP contribution in [0.25, 0.3) is 0 Å². The minimum absolute atomic E-state index is 0.235. The number of piperazine rings is 1. The molecule has 7 nitrogen and oxygen atoms in total. The van der Waals surface area contributed by atoms with Gasteiger partial charge < -0.3 is 10.1 Å². The van der Waals surface area contributed by atoms with Crippen LogP contribution in [0.15, 0.2) is 29.8 Å². The predicted octanol–water partition coefficient (Wildman–Crippen LogP) is 2.46. The number of nitrogens with zero attached hydrogens (tertiary/aromatic N) is 2. The average Bonchev–Trinajstić information content (AvgIpc) is 3.24. The summed E-state index contributed by atoms with van der Waals surface area (Å²) in [5, 5.41) is 5.27. The molecule has 2 aliphatic heterocycles.